The zero-order valence-corrected chi connectivity index (χ0v) is 11.9. The Morgan fingerprint density at radius 3 is 2.80 bits per heavy atom. The summed E-state index contributed by atoms with van der Waals surface area (Å²) in [6.45, 7) is 3.80. The van der Waals surface area contributed by atoms with E-state index in [9.17, 15) is 15.2 Å². The highest BCUT2D eigenvalue weighted by molar-refractivity contribution is 5.44. The molecule has 0 heterocycles. The number of nitro benzene ring substituents is 1. The van der Waals surface area contributed by atoms with Crippen molar-refractivity contribution in [2.24, 2.45) is 5.92 Å². The lowest BCUT2D eigenvalue weighted by molar-refractivity contribution is -0.385. The lowest BCUT2D eigenvalue weighted by atomic mass is 9.88. The fourth-order valence-corrected chi connectivity index (χ4v) is 2.75. The van der Waals surface area contributed by atoms with Crippen molar-refractivity contribution in [1.29, 1.82) is 0 Å². The Bertz CT molecular complexity index is 487. The molecule has 0 amide bonds. The monoisotopic (exact) mass is 279 g/mol. The standard InChI is InChI=1S/C15H21NO4/c1-10-4-3-5-13(8-10)20-15-7-6-12(16(18)19)9-14(15)11(2)17/h6-7,9-11,13,17H,3-5,8H2,1-2H3/t10?,11-,13?/m0/s1. The topological polar surface area (TPSA) is 72.6 Å². The minimum Gasteiger partial charge on any atom is -0.490 e. The van der Waals surface area contributed by atoms with Crippen LogP contribution in [0.2, 0.25) is 0 Å². The number of rotatable bonds is 4. The largest absolute Gasteiger partial charge is 0.490 e. The summed E-state index contributed by atoms with van der Waals surface area (Å²) in [7, 11) is 0. The van der Waals surface area contributed by atoms with E-state index in [0.717, 1.165) is 19.3 Å². The lowest BCUT2D eigenvalue weighted by Gasteiger charge is -2.28. The molecule has 1 N–H and O–H groups in total. The zero-order valence-electron chi connectivity index (χ0n) is 11.9. The van der Waals surface area contributed by atoms with Gasteiger partial charge in [-0.3, -0.25) is 10.1 Å². The minimum absolute atomic E-state index is 0.0229. The Hall–Kier alpha value is -1.62. The van der Waals surface area contributed by atoms with Crippen LogP contribution in [0.4, 0.5) is 5.69 Å². The molecule has 1 aromatic rings. The maximum absolute atomic E-state index is 10.8. The van der Waals surface area contributed by atoms with Crippen molar-refractivity contribution < 1.29 is 14.8 Å². The van der Waals surface area contributed by atoms with Crippen molar-refractivity contribution in [3.05, 3.63) is 33.9 Å². The van der Waals surface area contributed by atoms with Crippen molar-refractivity contribution in [1.82, 2.24) is 0 Å². The van der Waals surface area contributed by atoms with Crippen LogP contribution in [-0.4, -0.2) is 16.1 Å². The van der Waals surface area contributed by atoms with Gasteiger partial charge in [0, 0.05) is 17.7 Å². The number of aliphatic hydroxyl groups is 1. The third-order valence-electron chi connectivity index (χ3n) is 3.84. The van der Waals surface area contributed by atoms with E-state index in [2.05, 4.69) is 6.92 Å². The Morgan fingerprint density at radius 2 is 2.20 bits per heavy atom. The third kappa shape index (κ3) is 3.48. The summed E-state index contributed by atoms with van der Waals surface area (Å²) in [5.74, 6) is 1.20. The summed E-state index contributed by atoms with van der Waals surface area (Å²) in [4.78, 5) is 10.3. The van der Waals surface area contributed by atoms with Gasteiger partial charge in [0.25, 0.3) is 5.69 Å². The van der Waals surface area contributed by atoms with Gasteiger partial charge in [0.05, 0.1) is 17.1 Å². The first-order chi connectivity index (χ1) is 9.47. The van der Waals surface area contributed by atoms with E-state index in [1.807, 2.05) is 0 Å². The SMILES string of the molecule is CC1CCCC(Oc2ccc([N+](=O)[O-])cc2[C@H](C)O)C1. The highest BCUT2D eigenvalue weighted by atomic mass is 16.6. The molecule has 0 aromatic heterocycles. The van der Waals surface area contributed by atoms with Crippen LogP contribution in [0.5, 0.6) is 5.75 Å². The zero-order chi connectivity index (χ0) is 14.7. The van der Waals surface area contributed by atoms with E-state index in [1.165, 1.54) is 18.6 Å². The first-order valence-corrected chi connectivity index (χ1v) is 7.10. The van der Waals surface area contributed by atoms with Crippen LogP contribution in [0.25, 0.3) is 0 Å². The molecule has 1 fully saturated rings. The average Bonchev–Trinajstić information content (AvgIpc) is 2.38. The van der Waals surface area contributed by atoms with Gasteiger partial charge < -0.3 is 9.84 Å². The fraction of sp³-hybridized carbons (Fsp3) is 0.600. The molecular weight excluding hydrogens is 258 g/mol. The predicted octanol–water partition coefficient (Wildman–Crippen LogP) is 3.61. The second kappa shape index (κ2) is 6.22. The molecule has 0 bridgehead atoms. The smallest absolute Gasteiger partial charge is 0.270 e. The van der Waals surface area contributed by atoms with Crippen LogP contribution in [0, 0.1) is 16.0 Å². The van der Waals surface area contributed by atoms with Gasteiger partial charge in [0.1, 0.15) is 5.75 Å². The van der Waals surface area contributed by atoms with Crippen molar-refractivity contribution >= 4 is 5.69 Å². The summed E-state index contributed by atoms with van der Waals surface area (Å²) in [6.07, 6.45) is 3.71. The van der Waals surface area contributed by atoms with E-state index in [1.54, 1.807) is 13.0 Å². The summed E-state index contributed by atoms with van der Waals surface area (Å²) in [5, 5.41) is 20.6. The number of non-ortho nitro benzene ring substituents is 1. The van der Waals surface area contributed by atoms with Crippen molar-refractivity contribution in [2.75, 3.05) is 0 Å². The van der Waals surface area contributed by atoms with Gasteiger partial charge in [0.15, 0.2) is 0 Å². The van der Waals surface area contributed by atoms with E-state index < -0.39 is 11.0 Å². The third-order valence-corrected chi connectivity index (χ3v) is 3.84. The highest BCUT2D eigenvalue weighted by Crippen LogP contribution is 2.33. The van der Waals surface area contributed by atoms with Crippen LogP contribution < -0.4 is 4.74 Å². The van der Waals surface area contributed by atoms with Crippen molar-refractivity contribution in [2.45, 2.75) is 51.7 Å². The molecular formula is C15H21NO4. The van der Waals surface area contributed by atoms with Gasteiger partial charge in [-0.25, -0.2) is 0 Å². The molecule has 5 nitrogen and oxygen atoms in total. The summed E-state index contributed by atoms with van der Waals surface area (Å²) in [5.41, 5.74) is 0.461. The van der Waals surface area contributed by atoms with Crippen LogP contribution in [-0.2, 0) is 0 Å². The quantitative estimate of drug-likeness (QED) is 0.675. The fourth-order valence-electron chi connectivity index (χ4n) is 2.75. The van der Waals surface area contributed by atoms with E-state index in [-0.39, 0.29) is 11.8 Å². The Morgan fingerprint density at radius 1 is 1.45 bits per heavy atom. The molecule has 0 radical (unpaired) electrons. The van der Waals surface area contributed by atoms with E-state index >= 15 is 0 Å². The molecule has 1 aliphatic rings. The van der Waals surface area contributed by atoms with Gasteiger partial charge in [-0.15, -0.1) is 0 Å². The second-order valence-corrected chi connectivity index (χ2v) is 5.67. The molecule has 0 saturated heterocycles. The lowest BCUT2D eigenvalue weighted by Crippen LogP contribution is -2.24. The summed E-state index contributed by atoms with van der Waals surface area (Å²) < 4.78 is 5.97. The van der Waals surface area contributed by atoms with Crippen molar-refractivity contribution in [3.63, 3.8) is 0 Å². The van der Waals surface area contributed by atoms with Gasteiger partial charge >= 0.3 is 0 Å². The normalized spacial score (nSPS) is 24.1. The van der Waals surface area contributed by atoms with Gasteiger partial charge in [-0.05, 0) is 38.2 Å². The first kappa shape index (κ1) is 14.8. The summed E-state index contributed by atoms with van der Waals surface area (Å²) in [6, 6.07) is 4.42. The molecule has 1 saturated carbocycles. The minimum atomic E-state index is -0.786. The van der Waals surface area contributed by atoms with E-state index in [0.29, 0.717) is 17.2 Å². The maximum atomic E-state index is 10.8. The van der Waals surface area contributed by atoms with E-state index in [4.69, 9.17) is 4.74 Å². The number of aliphatic hydroxyl groups excluding tert-OH is 1. The number of nitrogens with zero attached hydrogens (tertiary/aromatic N) is 1. The molecule has 1 aromatic carbocycles. The number of ether oxygens (including phenoxy) is 1. The Kier molecular flexibility index (Phi) is 4.60. The molecule has 0 aliphatic heterocycles. The molecule has 20 heavy (non-hydrogen) atoms. The van der Waals surface area contributed by atoms with Crippen LogP contribution in [0.15, 0.2) is 18.2 Å². The van der Waals surface area contributed by atoms with Crippen LogP contribution in [0.3, 0.4) is 0 Å². The summed E-state index contributed by atoms with van der Waals surface area (Å²) >= 11 is 0. The molecule has 0 spiro atoms. The average molecular weight is 279 g/mol. The second-order valence-electron chi connectivity index (χ2n) is 5.67. The molecule has 2 unspecified atom stereocenters. The maximum Gasteiger partial charge on any atom is 0.270 e. The van der Waals surface area contributed by atoms with Crippen LogP contribution >= 0.6 is 0 Å². The molecule has 5 heteroatoms. The van der Waals surface area contributed by atoms with Crippen molar-refractivity contribution in [3.8, 4) is 5.75 Å². The number of benzene rings is 1. The highest BCUT2D eigenvalue weighted by Gasteiger charge is 2.23. The van der Waals surface area contributed by atoms with Gasteiger partial charge in [0.2, 0.25) is 0 Å². The molecule has 3 atom stereocenters. The number of hydrogen-bond acceptors (Lipinski definition) is 4. The van der Waals surface area contributed by atoms with Gasteiger partial charge in [-0.2, -0.15) is 0 Å². The number of hydrogen-bond donors (Lipinski definition) is 1. The predicted molar refractivity (Wildman–Crippen MR) is 75.8 cm³/mol. The van der Waals surface area contributed by atoms with Crippen LogP contribution in [0.1, 0.15) is 51.2 Å². The Balaban J connectivity index is 2.20. The number of nitro groups is 1. The first-order valence-electron chi connectivity index (χ1n) is 7.10. The Labute approximate surface area is 118 Å². The molecule has 1 aliphatic carbocycles. The molecule has 2 rings (SSSR count). The molecule has 110 valence electrons. The van der Waals surface area contributed by atoms with Gasteiger partial charge in [-0.1, -0.05) is 13.3 Å².